The minimum absolute atomic E-state index is 0.840. The molecule has 0 aliphatic heterocycles. The van der Waals surface area contributed by atoms with Gasteiger partial charge in [-0.2, -0.15) is 10.2 Å². The van der Waals surface area contributed by atoms with Gasteiger partial charge in [-0.05, 0) is 48.9 Å². The number of aryl methyl sites for hydroxylation is 1. The molecule has 0 radical (unpaired) electrons. The van der Waals surface area contributed by atoms with Gasteiger partial charge >= 0.3 is 0 Å². The topological polar surface area (TPSA) is 24.7 Å². The number of rotatable bonds is 2. The summed E-state index contributed by atoms with van der Waals surface area (Å²) >= 11 is 6.81. The number of benzene rings is 2. The van der Waals surface area contributed by atoms with Gasteiger partial charge in [0, 0.05) is 8.95 Å². The average Bonchev–Trinajstić information content (AvgIpc) is 2.32. The molecular formula is C13H10Br2N2. The Morgan fingerprint density at radius 3 is 2.18 bits per heavy atom. The van der Waals surface area contributed by atoms with E-state index in [0.717, 1.165) is 25.9 Å². The van der Waals surface area contributed by atoms with Gasteiger partial charge in [0.25, 0.3) is 0 Å². The van der Waals surface area contributed by atoms with Gasteiger partial charge in [0.2, 0.25) is 0 Å². The molecule has 0 aromatic heterocycles. The number of hydrogen-bond donors (Lipinski definition) is 0. The third-order valence-electron chi connectivity index (χ3n) is 2.27. The van der Waals surface area contributed by atoms with Crippen molar-refractivity contribution < 1.29 is 0 Å². The van der Waals surface area contributed by atoms with Crippen molar-refractivity contribution in [3.8, 4) is 0 Å². The summed E-state index contributed by atoms with van der Waals surface area (Å²) in [6, 6.07) is 13.7. The first-order valence-electron chi connectivity index (χ1n) is 5.08. The zero-order valence-electron chi connectivity index (χ0n) is 9.19. The van der Waals surface area contributed by atoms with Crippen LogP contribution in [0.1, 0.15) is 5.56 Å². The maximum atomic E-state index is 4.25. The van der Waals surface area contributed by atoms with Gasteiger partial charge < -0.3 is 0 Å². The van der Waals surface area contributed by atoms with Crippen molar-refractivity contribution in [2.24, 2.45) is 10.2 Å². The van der Waals surface area contributed by atoms with Gasteiger partial charge in [-0.15, -0.1) is 0 Å². The second kappa shape index (κ2) is 5.56. The molecule has 4 heteroatoms. The molecule has 2 aromatic rings. The molecule has 0 unspecified atom stereocenters. The highest BCUT2D eigenvalue weighted by Crippen LogP contribution is 2.26. The normalized spacial score (nSPS) is 11.0. The second-order valence-corrected chi connectivity index (χ2v) is 5.44. The Labute approximate surface area is 117 Å². The SMILES string of the molecule is Cc1ccc(Br)cc1N=Nc1ccc(Br)cc1. The highest BCUT2D eigenvalue weighted by molar-refractivity contribution is 9.10. The van der Waals surface area contributed by atoms with Crippen LogP contribution in [-0.2, 0) is 0 Å². The first kappa shape index (κ1) is 12.5. The van der Waals surface area contributed by atoms with Crippen molar-refractivity contribution in [3.63, 3.8) is 0 Å². The summed E-state index contributed by atoms with van der Waals surface area (Å²) in [5.41, 5.74) is 2.82. The van der Waals surface area contributed by atoms with Crippen LogP contribution in [0.25, 0.3) is 0 Å². The molecule has 86 valence electrons. The van der Waals surface area contributed by atoms with E-state index >= 15 is 0 Å². The van der Waals surface area contributed by atoms with Crippen LogP contribution in [-0.4, -0.2) is 0 Å². The lowest BCUT2D eigenvalue weighted by atomic mass is 10.2. The van der Waals surface area contributed by atoms with Gasteiger partial charge in [0.1, 0.15) is 0 Å². The summed E-state index contributed by atoms with van der Waals surface area (Å²) in [6.07, 6.45) is 0. The van der Waals surface area contributed by atoms with Crippen molar-refractivity contribution in [2.45, 2.75) is 6.92 Å². The Balaban J connectivity index is 2.25. The predicted molar refractivity (Wildman–Crippen MR) is 77.2 cm³/mol. The Hall–Kier alpha value is -1.000. The number of hydrogen-bond acceptors (Lipinski definition) is 2. The predicted octanol–water partition coefficient (Wildman–Crippen LogP) is 5.94. The van der Waals surface area contributed by atoms with E-state index < -0.39 is 0 Å². The molecule has 0 heterocycles. The number of azo groups is 1. The van der Waals surface area contributed by atoms with Crippen LogP contribution in [0.5, 0.6) is 0 Å². The number of halogens is 2. The summed E-state index contributed by atoms with van der Waals surface area (Å²) in [5, 5.41) is 8.45. The molecule has 0 N–H and O–H groups in total. The van der Waals surface area contributed by atoms with Gasteiger partial charge in [-0.25, -0.2) is 0 Å². The molecule has 0 spiro atoms. The van der Waals surface area contributed by atoms with Crippen LogP contribution in [0.4, 0.5) is 11.4 Å². The highest BCUT2D eigenvalue weighted by atomic mass is 79.9. The first-order valence-corrected chi connectivity index (χ1v) is 6.67. The van der Waals surface area contributed by atoms with Crippen LogP contribution >= 0.6 is 31.9 Å². The number of nitrogens with zero attached hydrogens (tertiary/aromatic N) is 2. The molecule has 0 saturated carbocycles. The minimum atomic E-state index is 0.840. The maximum Gasteiger partial charge on any atom is 0.0897 e. The van der Waals surface area contributed by atoms with Crippen molar-refractivity contribution >= 4 is 43.2 Å². The lowest BCUT2D eigenvalue weighted by Gasteiger charge is -1.99. The van der Waals surface area contributed by atoms with Crippen LogP contribution in [0.2, 0.25) is 0 Å². The Morgan fingerprint density at radius 2 is 1.47 bits per heavy atom. The van der Waals surface area contributed by atoms with E-state index in [4.69, 9.17) is 0 Å². The fraction of sp³-hybridized carbons (Fsp3) is 0.0769. The Kier molecular flexibility index (Phi) is 4.07. The van der Waals surface area contributed by atoms with Gasteiger partial charge in [0.15, 0.2) is 0 Å². The zero-order valence-corrected chi connectivity index (χ0v) is 12.4. The summed E-state index contributed by atoms with van der Waals surface area (Å²) in [7, 11) is 0. The smallest absolute Gasteiger partial charge is 0.0897 e. The van der Waals surface area contributed by atoms with Gasteiger partial charge in [-0.3, -0.25) is 0 Å². The van der Waals surface area contributed by atoms with Crippen LogP contribution in [0.15, 0.2) is 61.6 Å². The lowest BCUT2D eigenvalue weighted by Crippen LogP contribution is -1.73. The van der Waals surface area contributed by atoms with E-state index in [-0.39, 0.29) is 0 Å². The molecule has 0 amide bonds. The average molecular weight is 354 g/mol. The lowest BCUT2D eigenvalue weighted by molar-refractivity contribution is 1.21. The van der Waals surface area contributed by atoms with Crippen molar-refractivity contribution in [3.05, 3.63) is 57.0 Å². The quantitative estimate of drug-likeness (QED) is 0.597. The first-order chi connectivity index (χ1) is 8.15. The zero-order chi connectivity index (χ0) is 12.3. The van der Waals surface area contributed by atoms with Crippen LogP contribution in [0.3, 0.4) is 0 Å². The molecule has 0 aliphatic rings. The van der Waals surface area contributed by atoms with Crippen molar-refractivity contribution in [1.82, 2.24) is 0 Å². The van der Waals surface area contributed by atoms with E-state index in [1.807, 2.05) is 49.4 Å². The van der Waals surface area contributed by atoms with Crippen molar-refractivity contribution in [1.29, 1.82) is 0 Å². The summed E-state index contributed by atoms with van der Waals surface area (Å²) in [4.78, 5) is 0. The fourth-order valence-electron chi connectivity index (χ4n) is 1.31. The van der Waals surface area contributed by atoms with E-state index in [9.17, 15) is 0 Å². The summed E-state index contributed by atoms with van der Waals surface area (Å²) in [5.74, 6) is 0. The largest absolute Gasteiger partial charge is 0.151 e. The van der Waals surface area contributed by atoms with Crippen molar-refractivity contribution in [2.75, 3.05) is 0 Å². The molecule has 0 saturated heterocycles. The molecular weight excluding hydrogens is 344 g/mol. The molecule has 2 aromatic carbocycles. The van der Waals surface area contributed by atoms with E-state index in [1.54, 1.807) is 0 Å². The monoisotopic (exact) mass is 352 g/mol. The molecule has 0 aliphatic carbocycles. The molecule has 17 heavy (non-hydrogen) atoms. The highest BCUT2D eigenvalue weighted by Gasteiger charge is 1.97. The minimum Gasteiger partial charge on any atom is -0.151 e. The standard InChI is InChI=1S/C13H10Br2N2/c1-9-2-3-11(15)8-13(9)17-16-12-6-4-10(14)5-7-12/h2-8H,1H3. The molecule has 2 rings (SSSR count). The third kappa shape index (κ3) is 3.48. The second-order valence-electron chi connectivity index (χ2n) is 3.61. The van der Waals surface area contributed by atoms with E-state index in [2.05, 4.69) is 42.1 Å². The fourth-order valence-corrected chi connectivity index (χ4v) is 1.92. The molecule has 2 nitrogen and oxygen atoms in total. The molecule has 0 fully saturated rings. The third-order valence-corrected chi connectivity index (χ3v) is 3.29. The Bertz CT molecular complexity index is 548. The molecule has 0 atom stereocenters. The Morgan fingerprint density at radius 1 is 0.824 bits per heavy atom. The van der Waals surface area contributed by atoms with Gasteiger partial charge in [0.05, 0.1) is 11.4 Å². The van der Waals surface area contributed by atoms with Crippen LogP contribution < -0.4 is 0 Å². The summed E-state index contributed by atoms with van der Waals surface area (Å²) in [6.45, 7) is 2.02. The van der Waals surface area contributed by atoms with Gasteiger partial charge in [-0.1, -0.05) is 37.9 Å². The van der Waals surface area contributed by atoms with E-state index in [1.165, 1.54) is 0 Å². The summed E-state index contributed by atoms with van der Waals surface area (Å²) < 4.78 is 2.04. The van der Waals surface area contributed by atoms with Crippen LogP contribution in [0, 0.1) is 6.92 Å². The maximum absolute atomic E-state index is 4.25. The van der Waals surface area contributed by atoms with E-state index in [0.29, 0.717) is 0 Å². The molecule has 0 bridgehead atoms.